The first-order chi connectivity index (χ1) is 8.60. The molecule has 0 aromatic heterocycles. The molecule has 0 amide bonds. The fourth-order valence-electron chi connectivity index (χ4n) is 3.00. The average molecular weight is 257 g/mol. The summed E-state index contributed by atoms with van der Waals surface area (Å²) in [4.78, 5) is 13.6. The number of methoxy groups -OCH3 is 1. The third kappa shape index (κ3) is 4.25. The molecule has 1 N–H and O–H groups in total. The first-order valence-electron chi connectivity index (χ1n) is 7.02. The van der Waals surface area contributed by atoms with Gasteiger partial charge in [0.05, 0.1) is 5.92 Å². The molecule has 0 radical (unpaired) electrons. The summed E-state index contributed by atoms with van der Waals surface area (Å²) in [6.45, 7) is 3.86. The Bertz CT molecular complexity index is 257. The van der Waals surface area contributed by atoms with Crippen molar-refractivity contribution in [1.82, 2.24) is 4.90 Å². The first-order valence-corrected chi connectivity index (χ1v) is 7.02. The second kappa shape index (κ2) is 7.74. The van der Waals surface area contributed by atoms with Gasteiger partial charge >= 0.3 is 5.97 Å². The summed E-state index contributed by atoms with van der Waals surface area (Å²) in [6.07, 6.45) is 5.04. The Kier molecular flexibility index (Phi) is 6.65. The van der Waals surface area contributed by atoms with E-state index in [-0.39, 0.29) is 12.0 Å². The summed E-state index contributed by atoms with van der Waals surface area (Å²) in [5.41, 5.74) is 0. The lowest BCUT2D eigenvalue weighted by molar-refractivity contribution is -0.146. The minimum Gasteiger partial charge on any atom is -0.481 e. The van der Waals surface area contributed by atoms with Crippen molar-refractivity contribution in [2.24, 2.45) is 11.8 Å². The molecule has 0 spiro atoms. The Morgan fingerprint density at radius 1 is 1.44 bits per heavy atom. The molecule has 106 valence electrons. The Morgan fingerprint density at radius 2 is 2.17 bits per heavy atom. The maximum absolute atomic E-state index is 11.3. The number of hydrogen-bond acceptors (Lipinski definition) is 3. The van der Waals surface area contributed by atoms with Crippen LogP contribution in [0.4, 0.5) is 0 Å². The molecule has 0 aromatic rings. The second-order valence-corrected chi connectivity index (χ2v) is 5.43. The predicted octanol–water partition coefficient (Wildman–Crippen LogP) is 2.23. The number of aliphatic carboxylic acids is 1. The van der Waals surface area contributed by atoms with Gasteiger partial charge in [0.1, 0.15) is 0 Å². The van der Waals surface area contributed by atoms with Gasteiger partial charge in [-0.25, -0.2) is 0 Å². The van der Waals surface area contributed by atoms with Crippen LogP contribution in [-0.2, 0) is 9.53 Å². The molecule has 0 saturated heterocycles. The minimum atomic E-state index is -0.631. The van der Waals surface area contributed by atoms with E-state index < -0.39 is 5.97 Å². The summed E-state index contributed by atoms with van der Waals surface area (Å²) < 4.78 is 5.05. The van der Waals surface area contributed by atoms with E-state index in [0.29, 0.717) is 5.92 Å². The molecule has 3 atom stereocenters. The molecule has 0 bridgehead atoms. The second-order valence-electron chi connectivity index (χ2n) is 5.43. The highest BCUT2D eigenvalue weighted by molar-refractivity contribution is 5.71. The molecule has 1 aliphatic carbocycles. The fraction of sp³-hybridized carbons (Fsp3) is 0.929. The van der Waals surface area contributed by atoms with Crippen LogP contribution >= 0.6 is 0 Å². The number of carboxylic acid groups (broad SMARTS) is 1. The van der Waals surface area contributed by atoms with Crippen molar-refractivity contribution >= 4 is 5.97 Å². The first kappa shape index (κ1) is 15.4. The van der Waals surface area contributed by atoms with E-state index in [2.05, 4.69) is 11.8 Å². The summed E-state index contributed by atoms with van der Waals surface area (Å²) in [5, 5.41) is 9.34. The zero-order valence-corrected chi connectivity index (χ0v) is 11.9. The van der Waals surface area contributed by atoms with Crippen molar-refractivity contribution in [1.29, 1.82) is 0 Å². The lowest BCUT2D eigenvalue weighted by Gasteiger charge is -2.39. The number of hydrogen-bond donors (Lipinski definition) is 1. The molecular formula is C14H27NO3. The number of ether oxygens (including phenoxy) is 1. The minimum absolute atomic E-state index is 0.193. The zero-order valence-electron chi connectivity index (χ0n) is 11.9. The van der Waals surface area contributed by atoms with Gasteiger partial charge in [0.2, 0.25) is 0 Å². The lowest BCUT2D eigenvalue weighted by Crippen LogP contribution is -2.45. The molecular weight excluding hydrogens is 230 g/mol. The molecule has 0 aromatic carbocycles. The maximum atomic E-state index is 11.3. The molecule has 1 aliphatic rings. The van der Waals surface area contributed by atoms with Gasteiger partial charge in [-0.05, 0) is 38.6 Å². The van der Waals surface area contributed by atoms with Crippen LogP contribution in [0.15, 0.2) is 0 Å². The SMILES string of the molecule is CCC1CCC(C(=O)O)C(N(C)CCCOC)C1. The van der Waals surface area contributed by atoms with E-state index >= 15 is 0 Å². The molecule has 1 fully saturated rings. The van der Waals surface area contributed by atoms with E-state index in [4.69, 9.17) is 4.74 Å². The maximum Gasteiger partial charge on any atom is 0.308 e. The van der Waals surface area contributed by atoms with Crippen LogP contribution in [0.2, 0.25) is 0 Å². The quantitative estimate of drug-likeness (QED) is 0.711. The van der Waals surface area contributed by atoms with Gasteiger partial charge in [0.25, 0.3) is 0 Å². The molecule has 18 heavy (non-hydrogen) atoms. The fourth-order valence-corrected chi connectivity index (χ4v) is 3.00. The van der Waals surface area contributed by atoms with Crippen LogP contribution in [-0.4, -0.2) is 49.3 Å². The number of carboxylic acids is 1. The van der Waals surface area contributed by atoms with Gasteiger partial charge in [-0.1, -0.05) is 13.3 Å². The standard InChI is InChI=1S/C14H27NO3/c1-4-11-6-7-12(14(16)17)13(10-11)15(2)8-5-9-18-3/h11-13H,4-10H2,1-3H3,(H,16,17). The summed E-state index contributed by atoms with van der Waals surface area (Å²) in [5.74, 6) is -0.135. The predicted molar refractivity (Wildman–Crippen MR) is 71.7 cm³/mol. The molecule has 0 aliphatic heterocycles. The molecule has 1 saturated carbocycles. The van der Waals surface area contributed by atoms with Crippen LogP contribution in [0.1, 0.15) is 39.0 Å². The van der Waals surface area contributed by atoms with Crippen LogP contribution in [0.3, 0.4) is 0 Å². The van der Waals surface area contributed by atoms with E-state index in [1.54, 1.807) is 7.11 Å². The summed E-state index contributed by atoms with van der Waals surface area (Å²) in [6, 6.07) is 0.193. The van der Waals surface area contributed by atoms with E-state index in [0.717, 1.165) is 45.3 Å². The smallest absolute Gasteiger partial charge is 0.308 e. The Morgan fingerprint density at radius 3 is 2.72 bits per heavy atom. The number of rotatable bonds is 7. The highest BCUT2D eigenvalue weighted by Crippen LogP contribution is 2.33. The van der Waals surface area contributed by atoms with Crippen LogP contribution in [0, 0.1) is 11.8 Å². The van der Waals surface area contributed by atoms with Crippen molar-refractivity contribution in [3.05, 3.63) is 0 Å². The Hall–Kier alpha value is -0.610. The number of nitrogens with zero attached hydrogens (tertiary/aromatic N) is 1. The van der Waals surface area contributed by atoms with Gasteiger partial charge in [-0.3, -0.25) is 4.79 Å². The van der Waals surface area contributed by atoms with Crippen LogP contribution in [0.25, 0.3) is 0 Å². The van der Waals surface area contributed by atoms with Crippen molar-refractivity contribution < 1.29 is 14.6 Å². The van der Waals surface area contributed by atoms with Crippen molar-refractivity contribution in [3.8, 4) is 0 Å². The third-order valence-corrected chi connectivity index (χ3v) is 4.25. The highest BCUT2D eigenvalue weighted by atomic mass is 16.5. The Balaban J connectivity index is 2.56. The van der Waals surface area contributed by atoms with E-state index in [9.17, 15) is 9.90 Å². The largest absolute Gasteiger partial charge is 0.481 e. The van der Waals surface area contributed by atoms with Gasteiger partial charge in [-0.2, -0.15) is 0 Å². The average Bonchev–Trinajstić information content (AvgIpc) is 2.38. The van der Waals surface area contributed by atoms with Gasteiger partial charge in [-0.15, -0.1) is 0 Å². The van der Waals surface area contributed by atoms with Gasteiger partial charge in [0.15, 0.2) is 0 Å². The zero-order chi connectivity index (χ0) is 13.5. The highest BCUT2D eigenvalue weighted by Gasteiger charge is 2.36. The molecule has 4 heteroatoms. The molecule has 3 unspecified atom stereocenters. The topological polar surface area (TPSA) is 49.8 Å². The van der Waals surface area contributed by atoms with Crippen molar-refractivity contribution in [2.75, 3.05) is 27.3 Å². The van der Waals surface area contributed by atoms with Crippen molar-refractivity contribution in [2.45, 2.75) is 45.1 Å². The monoisotopic (exact) mass is 257 g/mol. The lowest BCUT2D eigenvalue weighted by atomic mass is 9.76. The van der Waals surface area contributed by atoms with Gasteiger partial charge < -0.3 is 14.7 Å². The third-order valence-electron chi connectivity index (χ3n) is 4.25. The molecule has 4 nitrogen and oxygen atoms in total. The molecule has 1 rings (SSSR count). The Labute approximate surface area is 110 Å². The van der Waals surface area contributed by atoms with E-state index in [1.165, 1.54) is 0 Å². The summed E-state index contributed by atoms with van der Waals surface area (Å²) in [7, 11) is 3.75. The van der Waals surface area contributed by atoms with Crippen LogP contribution < -0.4 is 0 Å². The summed E-state index contributed by atoms with van der Waals surface area (Å²) >= 11 is 0. The normalized spacial score (nSPS) is 28.6. The molecule has 0 heterocycles. The van der Waals surface area contributed by atoms with Crippen molar-refractivity contribution in [3.63, 3.8) is 0 Å². The van der Waals surface area contributed by atoms with E-state index in [1.807, 2.05) is 7.05 Å². The van der Waals surface area contributed by atoms with Crippen LogP contribution in [0.5, 0.6) is 0 Å². The number of carbonyl (C=O) groups is 1. The van der Waals surface area contributed by atoms with Gasteiger partial charge in [0, 0.05) is 26.3 Å².